The fourth-order valence-corrected chi connectivity index (χ4v) is 3.34. The fourth-order valence-electron chi connectivity index (χ4n) is 1.54. The van der Waals surface area contributed by atoms with Crippen LogP contribution in [0, 0.1) is 5.82 Å². The maximum atomic E-state index is 12.7. The van der Waals surface area contributed by atoms with Crippen molar-refractivity contribution in [2.45, 2.75) is 9.79 Å². The van der Waals surface area contributed by atoms with Crippen LogP contribution in [-0.2, 0) is 0 Å². The third kappa shape index (κ3) is 4.58. The summed E-state index contributed by atoms with van der Waals surface area (Å²) in [5.74, 6) is 0.696. The summed E-state index contributed by atoms with van der Waals surface area (Å²) in [5.41, 5.74) is 0.301. The molecule has 20 heavy (non-hydrogen) atoms. The van der Waals surface area contributed by atoms with Crippen molar-refractivity contribution in [3.63, 3.8) is 0 Å². The van der Waals surface area contributed by atoms with Crippen molar-refractivity contribution in [1.29, 1.82) is 0 Å². The van der Waals surface area contributed by atoms with Gasteiger partial charge in [0.1, 0.15) is 5.82 Å². The molecule has 0 aliphatic carbocycles. The molecular formula is C15H13FO2S2. The first kappa shape index (κ1) is 14.9. The molecule has 0 aromatic heterocycles. The summed E-state index contributed by atoms with van der Waals surface area (Å²) in [6.07, 6.45) is 0. The second-order valence-electron chi connectivity index (χ2n) is 3.98. The summed E-state index contributed by atoms with van der Waals surface area (Å²) in [6, 6.07) is 13.3. The van der Waals surface area contributed by atoms with Crippen molar-refractivity contribution in [2.75, 3.05) is 11.5 Å². The van der Waals surface area contributed by atoms with Gasteiger partial charge in [-0.05, 0) is 48.5 Å². The molecule has 0 aliphatic heterocycles. The number of hydrogen-bond donors (Lipinski definition) is 1. The topological polar surface area (TPSA) is 37.3 Å². The Kier molecular flexibility index (Phi) is 5.49. The van der Waals surface area contributed by atoms with Crippen molar-refractivity contribution >= 4 is 29.5 Å². The predicted octanol–water partition coefficient (Wildman–Crippen LogP) is 4.41. The zero-order valence-corrected chi connectivity index (χ0v) is 12.2. The van der Waals surface area contributed by atoms with Gasteiger partial charge >= 0.3 is 5.97 Å². The van der Waals surface area contributed by atoms with Crippen molar-refractivity contribution < 1.29 is 14.3 Å². The van der Waals surface area contributed by atoms with Crippen LogP contribution in [0.1, 0.15) is 10.4 Å². The largest absolute Gasteiger partial charge is 0.478 e. The van der Waals surface area contributed by atoms with Crippen molar-refractivity contribution in [2.24, 2.45) is 0 Å². The molecule has 0 unspecified atom stereocenters. The monoisotopic (exact) mass is 308 g/mol. The Labute approximate surface area is 125 Å². The molecule has 0 radical (unpaired) electrons. The van der Waals surface area contributed by atoms with Gasteiger partial charge in [0.25, 0.3) is 0 Å². The molecule has 2 aromatic rings. The number of thioether (sulfide) groups is 2. The summed E-state index contributed by atoms with van der Waals surface area (Å²) in [6.45, 7) is 0. The molecule has 0 saturated carbocycles. The van der Waals surface area contributed by atoms with Crippen LogP contribution in [-0.4, -0.2) is 22.6 Å². The Morgan fingerprint density at radius 3 is 1.80 bits per heavy atom. The van der Waals surface area contributed by atoms with Gasteiger partial charge in [-0.2, -0.15) is 0 Å². The molecule has 0 fully saturated rings. The van der Waals surface area contributed by atoms with E-state index < -0.39 is 5.97 Å². The molecule has 0 aliphatic rings. The number of carboxylic acids is 1. The normalized spacial score (nSPS) is 10.4. The van der Waals surface area contributed by atoms with Crippen LogP contribution < -0.4 is 0 Å². The summed E-state index contributed by atoms with van der Waals surface area (Å²) < 4.78 is 12.7. The number of hydrogen-bond acceptors (Lipinski definition) is 3. The van der Waals surface area contributed by atoms with Crippen LogP contribution in [0.2, 0.25) is 0 Å². The molecule has 0 spiro atoms. The molecule has 2 rings (SSSR count). The van der Waals surface area contributed by atoms with Crippen molar-refractivity contribution in [3.05, 3.63) is 59.9 Å². The summed E-state index contributed by atoms with van der Waals surface area (Å²) in [4.78, 5) is 12.8. The van der Waals surface area contributed by atoms with Crippen LogP contribution in [0.15, 0.2) is 58.3 Å². The lowest BCUT2D eigenvalue weighted by molar-refractivity contribution is 0.0697. The van der Waals surface area contributed by atoms with Crippen LogP contribution >= 0.6 is 23.5 Å². The van der Waals surface area contributed by atoms with E-state index in [1.54, 1.807) is 47.8 Å². The van der Waals surface area contributed by atoms with E-state index in [1.165, 1.54) is 12.1 Å². The Balaban J connectivity index is 1.75. The lowest BCUT2D eigenvalue weighted by Crippen LogP contribution is -1.94. The molecule has 0 heterocycles. The number of benzene rings is 2. The fraction of sp³-hybridized carbons (Fsp3) is 0.133. The van der Waals surface area contributed by atoms with Gasteiger partial charge in [-0.1, -0.05) is 0 Å². The van der Waals surface area contributed by atoms with Gasteiger partial charge in [0.15, 0.2) is 0 Å². The zero-order valence-electron chi connectivity index (χ0n) is 10.6. The van der Waals surface area contributed by atoms with E-state index in [4.69, 9.17) is 5.11 Å². The lowest BCUT2D eigenvalue weighted by Gasteiger charge is -2.03. The number of carboxylic acid groups (broad SMARTS) is 1. The highest BCUT2D eigenvalue weighted by Crippen LogP contribution is 2.23. The highest BCUT2D eigenvalue weighted by Gasteiger charge is 2.02. The second kappa shape index (κ2) is 7.36. The van der Waals surface area contributed by atoms with Crippen LogP contribution in [0.4, 0.5) is 4.39 Å². The zero-order chi connectivity index (χ0) is 14.4. The van der Waals surface area contributed by atoms with E-state index in [1.807, 2.05) is 12.1 Å². The predicted molar refractivity (Wildman–Crippen MR) is 81.2 cm³/mol. The first-order chi connectivity index (χ1) is 9.65. The Bertz CT molecular complexity index is 567. The molecule has 0 saturated heterocycles. The van der Waals surface area contributed by atoms with Crippen LogP contribution in [0.5, 0.6) is 0 Å². The molecule has 2 aromatic carbocycles. The van der Waals surface area contributed by atoms with Crippen LogP contribution in [0.3, 0.4) is 0 Å². The summed E-state index contributed by atoms with van der Waals surface area (Å²) in [5, 5.41) is 8.80. The molecule has 0 bridgehead atoms. The smallest absolute Gasteiger partial charge is 0.335 e. The highest BCUT2D eigenvalue weighted by atomic mass is 32.2. The number of aromatic carboxylic acids is 1. The van der Waals surface area contributed by atoms with Gasteiger partial charge in [-0.25, -0.2) is 9.18 Å². The SMILES string of the molecule is O=C(O)c1ccc(SCCSc2ccc(F)cc2)cc1. The van der Waals surface area contributed by atoms with Crippen molar-refractivity contribution in [3.8, 4) is 0 Å². The van der Waals surface area contributed by atoms with E-state index in [2.05, 4.69) is 0 Å². The van der Waals surface area contributed by atoms with E-state index in [0.29, 0.717) is 5.56 Å². The lowest BCUT2D eigenvalue weighted by atomic mass is 10.2. The minimum Gasteiger partial charge on any atom is -0.478 e. The first-order valence-corrected chi connectivity index (χ1v) is 7.97. The van der Waals surface area contributed by atoms with E-state index >= 15 is 0 Å². The van der Waals surface area contributed by atoms with Gasteiger partial charge in [0, 0.05) is 21.3 Å². The maximum Gasteiger partial charge on any atom is 0.335 e. The molecule has 104 valence electrons. The van der Waals surface area contributed by atoms with Gasteiger partial charge in [0.05, 0.1) is 5.56 Å². The summed E-state index contributed by atoms with van der Waals surface area (Å²) >= 11 is 3.35. The quantitative estimate of drug-likeness (QED) is 0.633. The summed E-state index contributed by atoms with van der Waals surface area (Å²) in [7, 11) is 0. The average Bonchev–Trinajstić information content (AvgIpc) is 2.46. The Morgan fingerprint density at radius 2 is 1.35 bits per heavy atom. The first-order valence-electron chi connectivity index (χ1n) is 6.00. The van der Waals surface area contributed by atoms with E-state index in [9.17, 15) is 9.18 Å². The van der Waals surface area contributed by atoms with Gasteiger partial charge in [-0.3, -0.25) is 0 Å². The standard InChI is InChI=1S/C15H13FO2S2/c16-12-3-7-14(8-4-12)20-10-9-19-13-5-1-11(2-6-13)15(17)18/h1-8H,9-10H2,(H,17,18). The minimum atomic E-state index is -0.909. The minimum absolute atomic E-state index is 0.220. The number of halogens is 1. The Hall–Kier alpha value is -1.46. The molecule has 0 atom stereocenters. The van der Waals surface area contributed by atoms with Gasteiger partial charge in [-0.15, -0.1) is 23.5 Å². The molecule has 1 N–H and O–H groups in total. The van der Waals surface area contributed by atoms with Crippen molar-refractivity contribution in [1.82, 2.24) is 0 Å². The highest BCUT2D eigenvalue weighted by molar-refractivity contribution is 8.03. The average molecular weight is 308 g/mol. The molecule has 5 heteroatoms. The molecule has 2 nitrogen and oxygen atoms in total. The number of carbonyl (C=O) groups is 1. The van der Waals surface area contributed by atoms with Gasteiger partial charge < -0.3 is 5.11 Å². The Morgan fingerprint density at radius 1 is 0.900 bits per heavy atom. The van der Waals surface area contributed by atoms with E-state index in [-0.39, 0.29) is 5.82 Å². The third-order valence-corrected chi connectivity index (χ3v) is 4.82. The third-order valence-electron chi connectivity index (χ3n) is 2.54. The second-order valence-corrected chi connectivity index (χ2v) is 6.32. The maximum absolute atomic E-state index is 12.7. The van der Waals surface area contributed by atoms with Crippen LogP contribution in [0.25, 0.3) is 0 Å². The molecular weight excluding hydrogens is 295 g/mol. The number of rotatable bonds is 6. The molecule has 0 amide bonds. The van der Waals surface area contributed by atoms with E-state index in [0.717, 1.165) is 21.3 Å². The van der Waals surface area contributed by atoms with Gasteiger partial charge in [0.2, 0.25) is 0 Å².